The summed E-state index contributed by atoms with van der Waals surface area (Å²) in [5.41, 5.74) is 8.95. The highest BCUT2D eigenvalue weighted by Crippen LogP contribution is 2.29. The predicted molar refractivity (Wildman–Crippen MR) is 168 cm³/mol. The van der Waals surface area contributed by atoms with Gasteiger partial charge in [-0.05, 0) is 68.8 Å². The van der Waals surface area contributed by atoms with Gasteiger partial charge >= 0.3 is 0 Å². The molecule has 0 fully saturated rings. The van der Waals surface area contributed by atoms with Crippen molar-refractivity contribution in [1.82, 2.24) is 9.99 Å². The van der Waals surface area contributed by atoms with E-state index in [-0.39, 0.29) is 22.7 Å². The molecule has 1 aromatic heterocycles. The number of amides is 1. The van der Waals surface area contributed by atoms with Crippen LogP contribution in [0.15, 0.2) is 125 Å². The van der Waals surface area contributed by atoms with Gasteiger partial charge in [0.05, 0.1) is 28.9 Å². The Morgan fingerprint density at radius 1 is 0.833 bits per heavy atom. The monoisotopic (exact) mass is 576 g/mol. The van der Waals surface area contributed by atoms with Crippen LogP contribution in [0.25, 0.3) is 5.69 Å². The van der Waals surface area contributed by atoms with E-state index in [1.54, 1.807) is 60.8 Å². The predicted octanol–water partition coefficient (Wildman–Crippen LogP) is 6.56. The molecule has 0 bridgehead atoms. The molecule has 212 valence electrons. The minimum atomic E-state index is -4.00. The zero-order valence-corrected chi connectivity index (χ0v) is 24.5. The summed E-state index contributed by atoms with van der Waals surface area (Å²) < 4.78 is 31.2. The lowest BCUT2D eigenvalue weighted by Gasteiger charge is -2.26. The molecule has 1 amide bonds. The van der Waals surface area contributed by atoms with Crippen LogP contribution < -0.4 is 9.73 Å². The maximum atomic E-state index is 13.9. The second kappa shape index (κ2) is 12.3. The van der Waals surface area contributed by atoms with Crippen LogP contribution in [0.2, 0.25) is 0 Å². The number of hydrazone groups is 1. The lowest BCUT2D eigenvalue weighted by atomic mass is 10.1. The number of carbonyl (C=O) groups excluding carboxylic acids is 1. The summed E-state index contributed by atoms with van der Waals surface area (Å²) in [5.74, 6) is -0.518. The van der Waals surface area contributed by atoms with Gasteiger partial charge in [-0.3, -0.25) is 9.10 Å². The van der Waals surface area contributed by atoms with Crippen molar-refractivity contribution in [1.29, 1.82) is 0 Å². The maximum Gasteiger partial charge on any atom is 0.273 e. The number of hydrogen-bond donors (Lipinski definition) is 1. The fourth-order valence-corrected chi connectivity index (χ4v) is 6.37. The Hall–Kier alpha value is -4.95. The Morgan fingerprint density at radius 2 is 1.45 bits per heavy atom. The number of sulfonamides is 1. The number of benzene rings is 4. The standard InChI is InChI=1S/C34H32N4O3S/c1-25-18-20-30(21-19-25)38-26(2)22-29(27(38)3)23-35-36-34(39)32-16-10-11-17-33(32)37(24-28-12-6-4-7-13-28)42(40,41)31-14-8-5-9-15-31/h4-23H,24H2,1-3H3,(H,36,39)/b35-23-. The zero-order valence-electron chi connectivity index (χ0n) is 23.7. The molecule has 0 radical (unpaired) electrons. The van der Waals surface area contributed by atoms with Crippen molar-refractivity contribution in [2.24, 2.45) is 5.10 Å². The molecule has 0 saturated carbocycles. The average molecular weight is 577 g/mol. The van der Waals surface area contributed by atoms with E-state index in [9.17, 15) is 13.2 Å². The first-order valence-corrected chi connectivity index (χ1v) is 15.0. The lowest BCUT2D eigenvalue weighted by Crippen LogP contribution is -2.33. The van der Waals surface area contributed by atoms with Gasteiger partial charge in [0.2, 0.25) is 0 Å². The Bertz CT molecular complexity index is 1830. The fraction of sp³-hybridized carbons (Fsp3) is 0.118. The molecule has 5 aromatic rings. The molecule has 7 nitrogen and oxygen atoms in total. The van der Waals surface area contributed by atoms with Gasteiger partial charge in [-0.15, -0.1) is 0 Å². The number of nitrogens with one attached hydrogen (secondary N) is 1. The van der Waals surface area contributed by atoms with E-state index in [0.29, 0.717) is 0 Å². The largest absolute Gasteiger partial charge is 0.318 e. The van der Waals surface area contributed by atoms with Crippen LogP contribution in [0, 0.1) is 20.8 Å². The Kier molecular flexibility index (Phi) is 8.36. The molecule has 42 heavy (non-hydrogen) atoms. The highest BCUT2D eigenvalue weighted by atomic mass is 32.2. The molecular weight excluding hydrogens is 544 g/mol. The summed E-state index contributed by atoms with van der Waals surface area (Å²) in [5, 5.41) is 4.24. The van der Waals surface area contributed by atoms with Gasteiger partial charge in [-0.25, -0.2) is 13.8 Å². The summed E-state index contributed by atoms with van der Waals surface area (Å²) in [4.78, 5) is 13.6. The first-order valence-electron chi connectivity index (χ1n) is 13.6. The topological polar surface area (TPSA) is 83.8 Å². The SMILES string of the molecule is Cc1ccc(-n2c(C)cc(/C=N\NC(=O)c3ccccc3N(Cc3ccccc3)S(=O)(=O)c3ccccc3)c2C)cc1. The molecule has 8 heteroatoms. The van der Waals surface area contributed by atoms with Crippen molar-refractivity contribution < 1.29 is 13.2 Å². The van der Waals surface area contributed by atoms with Crippen LogP contribution in [-0.4, -0.2) is 25.1 Å². The molecule has 0 atom stereocenters. The second-order valence-electron chi connectivity index (χ2n) is 10.0. The molecular formula is C34H32N4O3S. The number of nitrogens with zero attached hydrogens (tertiary/aromatic N) is 3. The Labute approximate surface area is 246 Å². The second-order valence-corrected chi connectivity index (χ2v) is 11.9. The number of para-hydroxylation sites is 1. The van der Waals surface area contributed by atoms with Gasteiger partial charge in [-0.2, -0.15) is 5.10 Å². The fourth-order valence-electron chi connectivity index (χ4n) is 4.88. The number of rotatable bonds is 9. The molecule has 0 aliphatic rings. The van der Waals surface area contributed by atoms with Gasteiger partial charge in [0.15, 0.2) is 0 Å². The third kappa shape index (κ3) is 6.04. The van der Waals surface area contributed by atoms with Crippen LogP contribution in [0.5, 0.6) is 0 Å². The van der Waals surface area contributed by atoms with Crippen molar-refractivity contribution in [2.75, 3.05) is 4.31 Å². The minimum absolute atomic E-state index is 0.0522. The number of anilines is 1. The smallest absolute Gasteiger partial charge is 0.273 e. The van der Waals surface area contributed by atoms with Gasteiger partial charge in [0, 0.05) is 22.6 Å². The molecule has 0 saturated heterocycles. The molecule has 0 unspecified atom stereocenters. The van der Waals surface area contributed by atoms with E-state index in [4.69, 9.17) is 0 Å². The van der Waals surface area contributed by atoms with E-state index in [0.717, 1.165) is 28.2 Å². The number of aromatic nitrogens is 1. The average Bonchev–Trinajstić information content (AvgIpc) is 3.29. The number of hydrogen-bond acceptors (Lipinski definition) is 4. The summed E-state index contributed by atoms with van der Waals surface area (Å²) in [7, 11) is -4.00. The van der Waals surface area contributed by atoms with Crippen LogP contribution in [0.1, 0.15) is 38.4 Å². The molecule has 0 spiro atoms. The first kappa shape index (κ1) is 28.6. The molecule has 5 rings (SSSR count). The molecule has 1 heterocycles. The van der Waals surface area contributed by atoms with Crippen molar-refractivity contribution in [3.63, 3.8) is 0 Å². The van der Waals surface area contributed by atoms with Gasteiger partial charge in [0.1, 0.15) is 0 Å². The number of aryl methyl sites for hydroxylation is 2. The molecule has 1 N–H and O–H groups in total. The third-order valence-electron chi connectivity index (χ3n) is 7.05. The lowest BCUT2D eigenvalue weighted by molar-refractivity contribution is 0.0955. The van der Waals surface area contributed by atoms with Crippen LogP contribution >= 0.6 is 0 Å². The van der Waals surface area contributed by atoms with Crippen molar-refractivity contribution >= 4 is 27.8 Å². The normalized spacial score (nSPS) is 11.5. The van der Waals surface area contributed by atoms with E-state index < -0.39 is 15.9 Å². The van der Waals surface area contributed by atoms with Gasteiger partial charge in [0.25, 0.3) is 15.9 Å². The van der Waals surface area contributed by atoms with Gasteiger partial charge < -0.3 is 4.57 Å². The number of carbonyl (C=O) groups is 1. The summed E-state index contributed by atoms with van der Waals surface area (Å²) in [6.45, 7) is 6.13. The molecule has 4 aromatic carbocycles. The summed E-state index contributed by atoms with van der Waals surface area (Å²) in [6, 6.07) is 34.4. The van der Waals surface area contributed by atoms with Crippen molar-refractivity contribution in [3.8, 4) is 5.69 Å². The Morgan fingerprint density at radius 3 is 2.14 bits per heavy atom. The maximum absolute atomic E-state index is 13.9. The van der Waals surface area contributed by atoms with Crippen molar-refractivity contribution in [3.05, 3.63) is 149 Å². The van der Waals surface area contributed by atoms with Crippen LogP contribution in [0.3, 0.4) is 0 Å². The van der Waals surface area contributed by atoms with E-state index in [2.05, 4.69) is 46.3 Å². The highest BCUT2D eigenvalue weighted by Gasteiger charge is 2.28. The Balaban J connectivity index is 1.44. The molecule has 0 aliphatic heterocycles. The highest BCUT2D eigenvalue weighted by molar-refractivity contribution is 7.92. The van der Waals surface area contributed by atoms with E-state index in [1.807, 2.05) is 50.2 Å². The summed E-state index contributed by atoms with van der Waals surface area (Å²) >= 11 is 0. The zero-order chi connectivity index (χ0) is 29.7. The first-order chi connectivity index (χ1) is 20.3. The van der Waals surface area contributed by atoms with Crippen LogP contribution in [0.4, 0.5) is 5.69 Å². The van der Waals surface area contributed by atoms with Crippen molar-refractivity contribution in [2.45, 2.75) is 32.2 Å². The summed E-state index contributed by atoms with van der Waals surface area (Å²) in [6.07, 6.45) is 1.61. The minimum Gasteiger partial charge on any atom is -0.318 e. The molecule has 0 aliphatic carbocycles. The van der Waals surface area contributed by atoms with Crippen LogP contribution in [-0.2, 0) is 16.6 Å². The van der Waals surface area contributed by atoms with E-state index >= 15 is 0 Å². The van der Waals surface area contributed by atoms with E-state index in [1.165, 1.54) is 9.87 Å². The third-order valence-corrected chi connectivity index (χ3v) is 8.82. The van der Waals surface area contributed by atoms with Gasteiger partial charge in [-0.1, -0.05) is 78.4 Å². The quantitative estimate of drug-likeness (QED) is 0.159.